The maximum atomic E-state index is 5.63. The lowest BCUT2D eigenvalue weighted by molar-refractivity contribution is 0.0704. The number of nitrogens with one attached hydrogen (secondary N) is 1. The van der Waals surface area contributed by atoms with E-state index in [9.17, 15) is 0 Å². The first-order valence-corrected chi connectivity index (χ1v) is 8.17. The Bertz CT molecular complexity index is 623. The quantitative estimate of drug-likeness (QED) is 0.933. The van der Waals surface area contributed by atoms with Crippen molar-refractivity contribution in [2.24, 2.45) is 0 Å². The maximum absolute atomic E-state index is 5.63. The third-order valence-corrected chi connectivity index (χ3v) is 5.03. The van der Waals surface area contributed by atoms with Crippen LogP contribution in [-0.4, -0.2) is 23.6 Å². The van der Waals surface area contributed by atoms with Crippen LogP contribution in [0, 0.1) is 0 Å². The second-order valence-electron chi connectivity index (χ2n) is 5.17. The van der Waals surface area contributed by atoms with Crippen molar-refractivity contribution < 1.29 is 4.74 Å². The van der Waals surface area contributed by atoms with Crippen molar-refractivity contribution in [3.8, 4) is 0 Å². The Morgan fingerprint density at radius 3 is 2.85 bits per heavy atom. The molecule has 0 radical (unpaired) electrons. The average Bonchev–Trinajstić information content (AvgIpc) is 2.84. The molecule has 0 saturated heterocycles. The summed E-state index contributed by atoms with van der Waals surface area (Å²) in [5.41, 5.74) is 1.47. The molecule has 3 rings (SSSR count). The van der Waals surface area contributed by atoms with E-state index in [-0.39, 0.29) is 6.10 Å². The Morgan fingerprint density at radius 1 is 1.30 bits per heavy atom. The number of hydrogen-bond acceptors (Lipinski definition) is 5. The first kappa shape index (κ1) is 13.8. The van der Waals surface area contributed by atoms with Gasteiger partial charge >= 0.3 is 0 Å². The van der Waals surface area contributed by atoms with Gasteiger partial charge in [0.2, 0.25) is 0 Å². The molecule has 0 spiro atoms. The number of aromatic nitrogens is 2. The van der Waals surface area contributed by atoms with E-state index in [1.165, 1.54) is 35.1 Å². The van der Waals surface area contributed by atoms with Crippen LogP contribution in [0.2, 0.25) is 0 Å². The highest BCUT2D eigenvalue weighted by Crippen LogP contribution is 2.39. The Hall–Kier alpha value is -1.20. The van der Waals surface area contributed by atoms with Crippen molar-refractivity contribution in [1.29, 1.82) is 0 Å². The van der Waals surface area contributed by atoms with Gasteiger partial charge in [0.15, 0.2) is 5.82 Å². The monoisotopic (exact) mass is 291 g/mol. The highest BCUT2D eigenvalue weighted by atomic mass is 32.1. The number of anilines is 1. The van der Waals surface area contributed by atoms with Gasteiger partial charge in [-0.25, -0.2) is 9.97 Å². The molecule has 4 nitrogen and oxygen atoms in total. The first-order valence-electron chi connectivity index (χ1n) is 7.36. The summed E-state index contributed by atoms with van der Waals surface area (Å²) in [7, 11) is 1.93. The van der Waals surface area contributed by atoms with Crippen LogP contribution in [0.15, 0.2) is 0 Å². The zero-order chi connectivity index (χ0) is 14.1. The molecule has 1 N–H and O–H groups in total. The molecule has 1 aliphatic rings. The van der Waals surface area contributed by atoms with Gasteiger partial charge in [0, 0.05) is 18.5 Å². The van der Waals surface area contributed by atoms with E-state index in [0.717, 1.165) is 22.9 Å². The lowest BCUT2D eigenvalue weighted by Crippen LogP contribution is -2.08. The highest BCUT2D eigenvalue weighted by Gasteiger charge is 2.22. The minimum absolute atomic E-state index is 0.0596. The summed E-state index contributed by atoms with van der Waals surface area (Å²) in [5.74, 6) is 1.73. The van der Waals surface area contributed by atoms with E-state index in [1.54, 1.807) is 0 Å². The molecule has 108 valence electrons. The molecule has 0 fully saturated rings. The van der Waals surface area contributed by atoms with E-state index in [2.05, 4.69) is 10.3 Å². The van der Waals surface area contributed by atoms with Gasteiger partial charge in [0.25, 0.3) is 0 Å². The fourth-order valence-electron chi connectivity index (χ4n) is 2.86. The minimum Gasteiger partial charge on any atom is -0.372 e. The van der Waals surface area contributed by atoms with Crippen LogP contribution in [0.25, 0.3) is 10.2 Å². The fraction of sp³-hybridized carbons (Fsp3) is 0.600. The first-order chi connectivity index (χ1) is 9.74. The van der Waals surface area contributed by atoms with Crippen LogP contribution < -0.4 is 5.32 Å². The minimum atomic E-state index is -0.0596. The van der Waals surface area contributed by atoms with Crippen LogP contribution in [0.5, 0.6) is 0 Å². The van der Waals surface area contributed by atoms with Crippen molar-refractivity contribution in [2.75, 3.05) is 19.0 Å². The predicted molar refractivity (Wildman–Crippen MR) is 83.6 cm³/mol. The van der Waals surface area contributed by atoms with Gasteiger partial charge in [-0.2, -0.15) is 0 Å². The number of fused-ring (bicyclic) bond motifs is 3. The zero-order valence-corrected chi connectivity index (χ0v) is 13.1. The third-order valence-electron chi connectivity index (χ3n) is 3.85. The summed E-state index contributed by atoms with van der Waals surface area (Å²) in [4.78, 5) is 12.0. The van der Waals surface area contributed by atoms with Gasteiger partial charge < -0.3 is 10.1 Å². The molecular weight excluding hydrogens is 270 g/mol. The summed E-state index contributed by atoms with van der Waals surface area (Å²) < 4.78 is 5.63. The molecule has 0 bridgehead atoms. The van der Waals surface area contributed by atoms with Gasteiger partial charge in [-0.1, -0.05) is 0 Å². The standard InChI is InChI=1S/C15H21N3OS/c1-4-19-9(2)13-17-14(16-3)12-10-7-5-6-8-11(10)20-15(12)18-13/h9H,4-8H2,1-3H3,(H,16,17,18). The van der Waals surface area contributed by atoms with Crippen molar-refractivity contribution in [2.45, 2.75) is 45.6 Å². The van der Waals surface area contributed by atoms with Crippen molar-refractivity contribution >= 4 is 27.4 Å². The molecular formula is C15H21N3OS. The second kappa shape index (κ2) is 5.66. The van der Waals surface area contributed by atoms with E-state index < -0.39 is 0 Å². The molecule has 0 aromatic carbocycles. The lowest BCUT2D eigenvalue weighted by atomic mass is 9.97. The molecule has 1 atom stereocenters. The Labute approximate surface area is 123 Å². The Morgan fingerprint density at radius 2 is 2.10 bits per heavy atom. The fourth-order valence-corrected chi connectivity index (χ4v) is 4.13. The van der Waals surface area contributed by atoms with Gasteiger partial charge in [-0.15, -0.1) is 11.3 Å². The third kappa shape index (κ3) is 2.29. The molecule has 2 aromatic rings. The number of thiophene rings is 1. The number of aryl methyl sites for hydroxylation is 2. The molecule has 2 heterocycles. The van der Waals surface area contributed by atoms with Crippen LogP contribution in [0.3, 0.4) is 0 Å². The SMILES string of the molecule is CCOC(C)c1nc(NC)c2c3c(sc2n1)CCCC3. The number of hydrogen-bond donors (Lipinski definition) is 1. The van der Waals surface area contributed by atoms with E-state index in [1.807, 2.05) is 32.2 Å². The van der Waals surface area contributed by atoms with E-state index in [4.69, 9.17) is 9.72 Å². The normalized spacial score (nSPS) is 16.1. The number of rotatable bonds is 4. The number of nitrogens with zero attached hydrogens (tertiary/aromatic N) is 2. The molecule has 1 aliphatic carbocycles. The topological polar surface area (TPSA) is 47.0 Å². The summed E-state index contributed by atoms with van der Waals surface area (Å²) >= 11 is 1.83. The maximum Gasteiger partial charge on any atom is 0.160 e. The van der Waals surface area contributed by atoms with Gasteiger partial charge in [0.05, 0.1) is 5.39 Å². The number of ether oxygens (including phenoxy) is 1. The van der Waals surface area contributed by atoms with Crippen molar-refractivity contribution in [1.82, 2.24) is 9.97 Å². The van der Waals surface area contributed by atoms with E-state index in [0.29, 0.717) is 6.61 Å². The van der Waals surface area contributed by atoms with Gasteiger partial charge in [-0.05, 0) is 45.1 Å². The largest absolute Gasteiger partial charge is 0.372 e. The Kier molecular flexibility index (Phi) is 3.89. The van der Waals surface area contributed by atoms with Crippen molar-refractivity contribution in [3.05, 3.63) is 16.3 Å². The zero-order valence-electron chi connectivity index (χ0n) is 12.3. The second-order valence-corrected chi connectivity index (χ2v) is 6.25. The summed E-state index contributed by atoms with van der Waals surface area (Å²) in [6.45, 7) is 4.69. The molecule has 1 unspecified atom stereocenters. The summed E-state index contributed by atoms with van der Waals surface area (Å²) in [6.07, 6.45) is 4.86. The molecule has 5 heteroatoms. The van der Waals surface area contributed by atoms with E-state index >= 15 is 0 Å². The van der Waals surface area contributed by atoms with Crippen LogP contribution in [0.4, 0.5) is 5.82 Å². The highest BCUT2D eigenvalue weighted by molar-refractivity contribution is 7.19. The smallest absolute Gasteiger partial charge is 0.160 e. The Balaban J connectivity index is 2.14. The molecule has 0 saturated carbocycles. The molecule has 0 amide bonds. The van der Waals surface area contributed by atoms with Gasteiger partial charge in [-0.3, -0.25) is 0 Å². The van der Waals surface area contributed by atoms with Crippen LogP contribution >= 0.6 is 11.3 Å². The van der Waals surface area contributed by atoms with Gasteiger partial charge in [0.1, 0.15) is 16.8 Å². The molecule has 0 aliphatic heterocycles. The molecule has 2 aromatic heterocycles. The summed E-state index contributed by atoms with van der Waals surface area (Å²) in [6, 6.07) is 0. The van der Waals surface area contributed by atoms with Crippen LogP contribution in [-0.2, 0) is 17.6 Å². The molecule has 20 heavy (non-hydrogen) atoms. The average molecular weight is 291 g/mol. The lowest BCUT2D eigenvalue weighted by Gasteiger charge is -2.14. The summed E-state index contributed by atoms with van der Waals surface area (Å²) in [5, 5.41) is 4.48. The van der Waals surface area contributed by atoms with Crippen LogP contribution in [0.1, 0.15) is 49.1 Å². The van der Waals surface area contributed by atoms with Crippen molar-refractivity contribution in [3.63, 3.8) is 0 Å². The predicted octanol–water partition coefficient (Wildman–Crippen LogP) is 3.71.